The Kier molecular flexibility index (Phi) is 5.87. The molecule has 0 saturated carbocycles. The first-order valence-corrected chi connectivity index (χ1v) is 7.74. The number of methoxy groups -OCH3 is 1. The van der Waals surface area contributed by atoms with Crippen LogP contribution in [0.5, 0.6) is 17.2 Å². The summed E-state index contributed by atoms with van der Waals surface area (Å²) in [4.78, 5) is 11.4. The van der Waals surface area contributed by atoms with Gasteiger partial charge in [-0.25, -0.2) is 4.79 Å². The van der Waals surface area contributed by atoms with Gasteiger partial charge in [-0.2, -0.15) is 0 Å². The Hall–Kier alpha value is -2.21. The number of carbonyl (C=O) groups is 1. The largest absolute Gasteiger partial charge is 0.493 e. The first-order chi connectivity index (χ1) is 11.0. The van der Waals surface area contributed by atoms with Crippen LogP contribution < -0.4 is 14.2 Å². The van der Waals surface area contributed by atoms with E-state index >= 15 is 0 Å². The number of hydrogen-bond donors (Lipinski definition) is 1. The lowest BCUT2D eigenvalue weighted by Gasteiger charge is -2.14. The molecule has 0 spiro atoms. The van der Waals surface area contributed by atoms with Crippen LogP contribution in [0.4, 0.5) is 0 Å². The Morgan fingerprint density at radius 1 is 1.13 bits per heavy atom. The third-order valence-corrected chi connectivity index (χ3v) is 3.61. The summed E-state index contributed by atoms with van der Waals surface area (Å²) in [6, 6.07) is 10.8. The highest BCUT2D eigenvalue weighted by Crippen LogP contribution is 2.34. The second-order valence-electron chi connectivity index (χ2n) is 4.75. The van der Waals surface area contributed by atoms with Gasteiger partial charge < -0.3 is 19.3 Å². The quantitative estimate of drug-likeness (QED) is 0.737. The molecule has 122 valence electrons. The van der Waals surface area contributed by atoms with Gasteiger partial charge in [0, 0.05) is 4.47 Å². The summed E-state index contributed by atoms with van der Waals surface area (Å²) in [5.74, 6) is 0.237. The number of aromatic carboxylic acids is 1. The van der Waals surface area contributed by atoms with Crippen LogP contribution >= 0.6 is 15.9 Å². The molecule has 0 unspecified atom stereocenters. The molecule has 1 N–H and O–H groups in total. The van der Waals surface area contributed by atoms with Gasteiger partial charge in [-0.3, -0.25) is 0 Å². The Morgan fingerprint density at radius 2 is 1.83 bits per heavy atom. The van der Waals surface area contributed by atoms with Crippen molar-refractivity contribution in [3.8, 4) is 17.2 Å². The molecule has 2 aromatic carbocycles. The summed E-state index contributed by atoms with van der Waals surface area (Å²) < 4.78 is 17.0. The Labute approximate surface area is 142 Å². The number of halogens is 1. The molecule has 23 heavy (non-hydrogen) atoms. The maximum absolute atomic E-state index is 11.4. The number of hydrogen-bond acceptors (Lipinski definition) is 4. The second-order valence-corrected chi connectivity index (χ2v) is 5.67. The van der Waals surface area contributed by atoms with Crippen LogP contribution in [0.1, 0.15) is 15.9 Å². The molecule has 2 aromatic rings. The molecule has 6 heteroatoms. The summed E-state index contributed by atoms with van der Waals surface area (Å²) >= 11 is 3.25. The number of aryl methyl sites for hydroxylation is 1. The highest BCUT2D eigenvalue weighted by molar-refractivity contribution is 9.10. The molecule has 0 radical (unpaired) electrons. The zero-order chi connectivity index (χ0) is 16.8. The van der Waals surface area contributed by atoms with Crippen LogP contribution in [0, 0.1) is 6.92 Å². The van der Waals surface area contributed by atoms with E-state index in [9.17, 15) is 9.90 Å². The molecule has 2 rings (SSSR count). The summed E-state index contributed by atoms with van der Waals surface area (Å²) in [7, 11) is 1.46. The van der Waals surface area contributed by atoms with E-state index in [1.165, 1.54) is 13.2 Å². The van der Waals surface area contributed by atoms with Crippen molar-refractivity contribution in [1.82, 2.24) is 0 Å². The fourth-order valence-corrected chi connectivity index (χ4v) is 2.48. The van der Waals surface area contributed by atoms with Gasteiger partial charge in [0.2, 0.25) is 0 Å². The highest BCUT2D eigenvalue weighted by Gasteiger charge is 2.18. The van der Waals surface area contributed by atoms with Crippen LogP contribution in [-0.2, 0) is 0 Å². The number of rotatable bonds is 7. The van der Waals surface area contributed by atoms with Crippen molar-refractivity contribution in [1.29, 1.82) is 0 Å². The van der Waals surface area contributed by atoms with E-state index in [-0.39, 0.29) is 17.9 Å². The van der Waals surface area contributed by atoms with Crippen LogP contribution in [-0.4, -0.2) is 31.4 Å². The van der Waals surface area contributed by atoms with Gasteiger partial charge in [0.15, 0.2) is 11.5 Å². The molecule has 5 nitrogen and oxygen atoms in total. The average molecular weight is 381 g/mol. The van der Waals surface area contributed by atoms with E-state index in [0.717, 1.165) is 11.3 Å². The smallest absolute Gasteiger partial charge is 0.339 e. The molecule has 0 bridgehead atoms. The lowest BCUT2D eigenvalue weighted by Crippen LogP contribution is -2.12. The lowest BCUT2D eigenvalue weighted by molar-refractivity contribution is 0.0690. The molecule has 0 atom stereocenters. The molecule has 0 aliphatic rings. The van der Waals surface area contributed by atoms with Crippen molar-refractivity contribution in [2.24, 2.45) is 0 Å². The minimum atomic E-state index is -1.08. The first kappa shape index (κ1) is 17.1. The molecule has 0 aliphatic carbocycles. The van der Waals surface area contributed by atoms with Gasteiger partial charge in [0.05, 0.1) is 7.11 Å². The molecular weight excluding hydrogens is 364 g/mol. The molecule has 0 heterocycles. The fraction of sp³-hybridized carbons (Fsp3) is 0.235. The summed E-state index contributed by atoms with van der Waals surface area (Å²) in [5.41, 5.74) is 1.06. The third kappa shape index (κ3) is 4.39. The van der Waals surface area contributed by atoms with Crippen molar-refractivity contribution in [2.75, 3.05) is 20.3 Å². The number of ether oxygens (including phenoxy) is 3. The normalized spacial score (nSPS) is 10.2. The van der Waals surface area contributed by atoms with Crippen molar-refractivity contribution in [3.05, 3.63) is 52.0 Å². The maximum atomic E-state index is 11.4. The van der Waals surface area contributed by atoms with E-state index in [4.69, 9.17) is 14.2 Å². The second kappa shape index (κ2) is 7.87. The van der Waals surface area contributed by atoms with Crippen molar-refractivity contribution < 1.29 is 24.1 Å². The molecule has 0 amide bonds. The van der Waals surface area contributed by atoms with Crippen molar-refractivity contribution in [2.45, 2.75) is 6.92 Å². The van der Waals surface area contributed by atoms with E-state index in [1.54, 1.807) is 6.07 Å². The number of para-hydroxylation sites is 1. The van der Waals surface area contributed by atoms with Crippen LogP contribution in [0.15, 0.2) is 40.9 Å². The molecular formula is C17H17BrO5. The lowest BCUT2D eigenvalue weighted by atomic mass is 10.2. The van der Waals surface area contributed by atoms with Crippen molar-refractivity contribution >= 4 is 21.9 Å². The zero-order valence-corrected chi connectivity index (χ0v) is 14.4. The van der Waals surface area contributed by atoms with E-state index in [0.29, 0.717) is 16.8 Å². The molecule has 0 aromatic heterocycles. The fourth-order valence-electron chi connectivity index (χ4n) is 2.04. The van der Waals surface area contributed by atoms with Gasteiger partial charge in [0.25, 0.3) is 0 Å². The molecule has 0 aliphatic heterocycles. The minimum absolute atomic E-state index is 0.0344. The summed E-state index contributed by atoms with van der Waals surface area (Å²) in [5, 5.41) is 9.29. The average Bonchev–Trinajstić information content (AvgIpc) is 2.53. The third-order valence-electron chi connectivity index (χ3n) is 3.15. The van der Waals surface area contributed by atoms with Crippen LogP contribution in [0.25, 0.3) is 0 Å². The van der Waals surface area contributed by atoms with Crippen LogP contribution in [0.2, 0.25) is 0 Å². The van der Waals surface area contributed by atoms with Gasteiger partial charge in [-0.1, -0.05) is 34.1 Å². The number of carboxylic acid groups (broad SMARTS) is 1. The van der Waals surface area contributed by atoms with Crippen LogP contribution in [0.3, 0.4) is 0 Å². The predicted octanol–water partition coefficient (Wildman–Crippen LogP) is 3.92. The predicted molar refractivity (Wildman–Crippen MR) is 89.8 cm³/mol. The topological polar surface area (TPSA) is 65.0 Å². The van der Waals surface area contributed by atoms with Gasteiger partial charge in [-0.05, 0) is 30.7 Å². The van der Waals surface area contributed by atoms with Gasteiger partial charge in [-0.15, -0.1) is 0 Å². The van der Waals surface area contributed by atoms with E-state index in [2.05, 4.69) is 15.9 Å². The summed E-state index contributed by atoms with van der Waals surface area (Å²) in [6.07, 6.45) is 0. The first-order valence-electron chi connectivity index (χ1n) is 6.95. The number of benzene rings is 2. The monoisotopic (exact) mass is 380 g/mol. The SMILES string of the molecule is COc1cc(Br)cc(C(=O)O)c1OCCOc1ccccc1C. The molecule has 0 saturated heterocycles. The number of carboxylic acids is 1. The van der Waals surface area contributed by atoms with Gasteiger partial charge >= 0.3 is 5.97 Å². The Balaban J connectivity index is 2.05. The summed E-state index contributed by atoms with van der Waals surface area (Å²) in [6.45, 7) is 2.45. The molecule has 0 fully saturated rings. The highest BCUT2D eigenvalue weighted by atomic mass is 79.9. The minimum Gasteiger partial charge on any atom is -0.493 e. The Bertz CT molecular complexity index is 699. The van der Waals surface area contributed by atoms with Crippen molar-refractivity contribution in [3.63, 3.8) is 0 Å². The standard InChI is InChI=1S/C17H17BrO5/c1-11-5-3-4-6-14(11)22-7-8-23-16-13(17(19)20)9-12(18)10-15(16)21-2/h3-6,9-10H,7-8H2,1-2H3,(H,19,20). The zero-order valence-electron chi connectivity index (χ0n) is 12.8. The Morgan fingerprint density at radius 3 is 2.48 bits per heavy atom. The van der Waals surface area contributed by atoms with E-state index < -0.39 is 5.97 Å². The maximum Gasteiger partial charge on any atom is 0.339 e. The van der Waals surface area contributed by atoms with Gasteiger partial charge in [0.1, 0.15) is 24.5 Å². The van der Waals surface area contributed by atoms with E-state index in [1.807, 2.05) is 31.2 Å².